The van der Waals surface area contributed by atoms with E-state index in [2.05, 4.69) is 23.1 Å². The number of nitrogens with zero attached hydrogens (tertiary/aromatic N) is 1. The highest BCUT2D eigenvalue weighted by molar-refractivity contribution is 6.02. The van der Waals surface area contributed by atoms with E-state index in [-0.39, 0.29) is 11.2 Å². The number of hydrogen-bond acceptors (Lipinski definition) is 2. The van der Waals surface area contributed by atoms with Gasteiger partial charge < -0.3 is 4.90 Å². The van der Waals surface area contributed by atoms with Gasteiger partial charge in [-0.2, -0.15) is 0 Å². The number of carbonyl (C=O) groups is 1. The van der Waals surface area contributed by atoms with Gasteiger partial charge in [-0.15, -0.1) is 0 Å². The van der Waals surface area contributed by atoms with Gasteiger partial charge in [0.05, 0.1) is 5.41 Å². The Labute approximate surface area is 133 Å². The molecule has 1 aliphatic heterocycles. The van der Waals surface area contributed by atoms with Crippen LogP contribution in [0.15, 0.2) is 54.6 Å². The Bertz CT molecular complexity index is 552. The van der Waals surface area contributed by atoms with Gasteiger partial charge in [0.25, 0.3) is 0 Å². The molecule has 2 nitrogen and oxygen atoms in total. The maximum absolute atomic E-state index is 13.2. The SMILES string of the molecule is O=C(c1ccccc1)C1(CN2CCCCCC2)C=CC=CC1. The molecule has 1 fully saturated rings. The first-order chi connectivity index (χ1) is 10.8. The van der Waals surface area contributed by atoms with Crippen LogP contribution < -0.4 is 0 Å². The van der Waals surface area contributed by atoms with Crippen LogP contribution in [0.5, 0.6) is 0 Å². The van der Waals surface area contributed by atoms with Gasteiger partial charge >= 0.3 is 0 Å². The summed E-state index contributed by atoms with van der Waals surface area (Å²) in [4.78, 5) is 15.7. The van der Waals surface area contributed by atoms with E-state index in [9.17, 15) is 4.79 Å². The summed E-state index contributed by atoms with van der Waals surface area (Å²) < 4.78 is 0. The topological polar surface area (TPSA) is 20.3 Å². The zero-order chi connectivity index (χ0) is 15.3. The summed E-state index contributed by atoms with van der Waals surface area (Å²) in [7, 11) is 0. The number of Topliss-reactive ketones (excluding diaryl/α,β-unsaturated/α-hetero) is 1. The smallest absolute Gasteiger partial charge is 0.174 e. The molecule has 0 N–H and O–H groups in total. The highest BCUT2D eigenvalue weighted by atomic mass is 16.1. The standard InChI is InChI=1S/C20H25NO/c22-19(18-11-5-3-6-12-18)20(13-7-4-8-14-20)17-21-15-9-1-2-10-16-21/h3-8,11-13H,1-2,9-10,14-17H2. The van der Waals surface area contributed by atoms with Crippen molar-refractivity contribution in [1.29, 1.82) is 0 Å². The zero-order valence-corrected chi connectivity index (χ0v) is 13.2. The van der Waals surface area contributed by atoms with Gasteiger partial charge in [-0.25, -0.2) is 0 Å². The Balaban J connectivity index is 1.83. The fraction of sp³-hybridized carbons (Fsp3) is 0.450. The summed E-state index contributed by atoms with van der Waals surface area (Å²) in [6, 6.07) is 9.76. The number of carbonyl (C=O) groups excluding carboxylic acids is 1. The molecule has 2 aliphatic rings. The molecule has 3 rings (SSSR count). The van der Waals surface area contributed by atoms with Gasteiger partial charge in [-0.3, -0.25) is 4.79 Å². The Kier molecular flexibility index (Phi) is 4.89. The molecule has 1 aromatic carbocycles. The van der Waals surface area contributed by atoms with E-state index < -0.39 is 0 Å². The van der Waals surface area contributed by atoms with Crippen LogP contribution in [0.3, 0.4) is 0 Å². The minimum atomic E-state index is -0.388. The number of ketones is 1. The van der Waals surface area contributed by atoms with Crippen LogP contribution in [0.25, 0.3) is 0 Å². The summed E-state index contributed by atoms with van der Waals surface area (Å²) in [6.07, 6.45) is 14.3. The van der Waals surface area contributed by atoms with E-state index in [0.29, 0.717) is 0 Å². The van der Waals surface area contributed by atoms with E-state index in [4.69, 9.17) is 0 Å². The van der Waals surface area contributed by atoms with Gasteiger partial charge in [-0.1, -0.05) is 67.5 Å². The lowest BCUT2D eigenvalue weighted by Crippen LogP contribution is -2.42. The van der Waals surface area contributed by atoms with Crippen molar-refractivity contribution >= 4 is 5.78 Å². The van der Waals surface area contributed by atoms with E-state index in [1.165, 1.54) is 25.7 Å². The van der Waals surface area contributed by atoms with Gasteiger partial charge in [-0.05, 0) is 32.4 Å². The van der Waals surface area contributed by atoms with Crippen molar-refractivity contribution in [2.75, 3.05) is 19.6 Å². The summed E-state index contributed by atoms with van der Waals surface area (Å²) in [5, 5.41) is 0. The van der Waals surface area contributed by atoms with Crippen LogP contribution >= 0.6 is 0 Å². The van der Waals surface area contributed by atoms with E-state index in [1.807, 2.05) is 36.4 Å². The van der Waals surface area contributed by atoms with Crippen molar-refractivity contribution in [1.82, 2.24) is 4.90 Å². The third-order valence-electron chi connectivity index (χ3n) is 4.84. The Morgan fingerprint density at radius 3 is 2.36 bits per heavy atom. The first-order valence-corrected chi connectivity index (χ1v) is 8.47. The third-order valence-corrected chi connectivity index (χ3v) is 4.84. The number of rotatable bonds is 4. The molecule has 0 bridgehead atoms. The first kappa shape index (κ1) is 15.2. The van der Waals surface area contributed by atoms with Crippen molar-refractivity contribution in [3.63, 3.8) is 0 Å². The molecule has 1 unspecified atom stereocenters. The molecular formula is C20H25NO. The van der Waals surface area contributed by atoms with Crippen LogP contribution in [-0.4, -0.2) is 30.3 Å². The molecule has 2 heteroatoms. The van der Waals surface area contributed by atoms with Crippen LogP contribution in [0.4, 0.5) is 0 Å². The van der Waals surface area contributed by atoms with Crippen molar-refractivity contribution < 1.29 is 4.79 Å². The Hall–Kier alpha value is -1.67. The highest BCUT2D eigenvalue weighted by Crippen LogP contribution is 2.34. The molecule has 1 aliphatic carbocycles. The number of likely N-dealkylation sites (tertiary alicyclic amines) is 1. The average molecular weight is 295 g/mol. The molecule has 1 aromatic rings. The van der Waals surface area contributed by atoms with Gasteiger partial charge in [0.2, 0.25) is 0 Å². The Morgan fingerprint density at radius 2 is 1.73 bits per heavy atom. The van der Waals surface area contributed by atoms with Crippen LogP contribution in [0.1, 0.15) is 42.5 Å². The number of benzene rings is 1. The first-order valence-electron chi connectivity index (χ1n) is 8.47. The maximum Gasteiger partial charge on any atom is 0.174 e. The fourth-order valence-electron chi connectivity index (χ4n) is 3.59. The van der Waals surface area contributed by atoms with E-state index in [0.717, 1.165) is 31.6 Å². The highest BCUT2D eigenvalue weighted by Gasteiger charge is 2.37. The van der Waals surface area contributed by atoms with E-state index in [1.54, 1.807) is 0 Å². The number of allylic oxidation sites excluding steroid dienone is 3. The van der Waals surface area contributed by atoms with Crippen LogP contribution in [-0.2, 0) is 0 Å². The zero-order valence-electron chi connectivity index (χ0n) is 13.2. The van der Waals surface area contributed by atoms with Gasteiger partial charge in [0.15, 0.2) is 5.78 Å². The van der Waals surface area contributed by atoms with E-state index >= 15 is 0 Å². The van der Waals surface area contributed by atoms with Gasteiger partial charge in [0.1, 0.15) is 0 Å². The molecular weight excluding hydrogens is 270 g/mol. The maximum atomic E-state index is 13.2. The predicted molar refractivity (Wildman–Crippen MR) is 91.0 cm³/mol. The molecule has 22 heavy (non-hydrogen) atoms. The molecule has 0 saturated carbocycles. The van der Waals surface area contributed by atoms with Crippen molar-refractivity contribution in [3.8, 4) is 0 Å². The number of hydrogen-bond donors (Lipinski definition) is 0. The second-order valence-electron chi connectivity index (χ2n) is 6.53. The lowest BCUT2D eigenvalue weighted by Gasteiger charge is -2.35. The summed E-state index contributed by atoms with van der Waals surface area (Å²) in [6.45, 7) is 3.10. The quantitative estimate of drug-likeness (QED) is 0.774. The molecule has 116 valence electrons. The summed E-state index contributed by atoms with van der Waals surface area (Å²) >= 11 is 0. The monoisotopic (exact) mass is 295 g/mol. The minimum absolute atomic E-state index is 0.262. The summed E-state index contributed by atoms with van der Waals surface area (Å²) in [5.74, 6) is 0.262. The molecule has 0 spiro atoms. The second kappa shape index (κ2) is 7.06. The predicted octanol–water partition coefficient (Wildman–Crippen LogP) is 4.25. The molecule has 1 heterocycles. The third kappa shape index (κ3) is 3.38. The van der Waals surface area contributed by atoms with Crippen molar-refractivity contribution in [2.45, 2.75) is 32.1 Å². The molecule has 1 saturated heterocycles. The molecule has 0 aromatic heterocycles. The largest absolute Gasteiger partial charge is 0.302 e. The normalized spacial score (nSPS) is 25.8. The summed E-state index contributed by atoms with van der Waals surface area (Å²) in [5.41, 5.74) is 0.442. The average Bonchev–Trinajstić information content (AvgIpc) is 2.84. The lowest BCUT2D eigenvalue weighted by molar-refractivity contribution is 0.0787. The molecule has 0 radical (unpaired) electrons. The van der Waals surface area contributed by atoms with Crippen molar-refractivity contribution in [2.24, 2.45) is 5.41 Å². The molecule has 0 amide bonds. The van der Waals surface area contributed by atoms with Gasteiger partial charge in [0, 0.05) is 12.1 Å². The Morgan fingerprint density at radius 1 is 1.00 bits per heavy atom. The fourth-order valence-corrected chi connectivity index (χ4v) is 3.59. The van der Waals surface area contributed by atoms with Crippen molar-refractivity contribution in [3.05, 3.63) is 60.2 Å². The van der Waals surface area contributed by atoms with Crippen LogP contribution in [0.2, 0.25) is 0 Å². The van der Waals surface area contributed by atoms with Crippen LogP contribution in [0, 0.1) is 5.41 Å². The second-order valence-corrected chi connectivity index (χ2v) is 6.53. The molecule has 1 atom stereocenters. The minimum Gasteiger partial charge on any atom is -0.302 e. The lowest BCUT2D eigenvalue weighted by atomic mass is 9.75.